The van der Waals surface area contributed by atoms with E-state index in [2.05, 4.69) is 5.32 Å². The lowest BCUT2D eigenvalue weighted by atomic mass is 9.99. The molecular formula is C14H21NO3. The molecule has 0 unspecified atom stereocenters. The van der Waals surface area contributed by atoms with Crippen molar-refractivity contribution in [3.8, 4) is 5.75 Å². The summed E-state index contributed by atoms with van der Waals surface area (Å²) in [6.07, 6.45) is 0.866. The summed E-state index contributed by atoms with van der Waals surface area (Å²) in [5, 5.41) is 21.7. The first-order chi connectivity index (χ1) is 8.49. The van der Waals surface area contributed by atoms with E-state index in [1.54, 1.807) is 18.2 Å². The first-order valence-corrected chi connectivity index (χ1v) is 6.20. The molecule has 4 heteroatoms. The first kappa shape index (κ1) is 14.5. The van der Waals surface area contributed by atoms with E-state index in [4.69, 9.17) is 0 Å². The van der Waals surface area contributed by atoms with E-state index in [-0.39, 0.29) is 35.8 Å². The number of aryl methyl sites for hydroxylation is 1. The van der Waals surface area contributed by atoms with Crippen molar-refractivity contribution in [3.05, 3.63) is 29.3 Å². The van der Waals surface area contributed by atoms with Crippen molar-refractivity contribution in [1.29, 1.82) is 0 Å². The van der Waals surface area contributed by atoms with E-state index in [1.807, 2.05) is 20.8 Å². The monoisotopic (exact) mass is 251 g/mol. The van der Waals surface area contributed by atoms with Gasteiger partial charge in [-0.05, 0) is 30.5 Å². The third-order valence-electron chi connectivity index (χ3n) is 3.24. The third kappa shape index (κ3) is 3.47. The number of hydrogen-bond acceptors (Lipinski definition) is 3. The lowest BCUT2D eigenvalue weighted by Gasteiger charge is -2.22. The summed E-state index contributed by atoms with van der Waals surface area (Å²) in [6.45, 7) is 5.71. The molecule has 0 aromatic heterocycles. The van der Waals surface area contributed by atoms with Gasteiger partial charge in [0.2, 0.25) is 0 Å². The van der Waals surface area contributed by atoms with E-state index in [0.29, 0.717) is 0 Å². The number of phenols is 1. The van der Waals surface area contributed by atoms with Gasteiger partial charge in [0.1, 0.15) is 5.75 Å². The van der Waals surface area contributed by atoms with Crippen molar-refractivity contribution < 1.29 is 15.0 Å². The van der Waals surface area contributed by atoms with Crippen LogP contribution in [0.1, 0.15) is 36.2 Å². The third-order valence-corrected chi connectivity index (χ3v) is 3.24. The molecule has 2 atom stereocenters. The number of aliphatic hydroxyl groups is 1. The highest BCUT2D eigenvalue weighted by molar-refractivity contribution is 5.97. The molecule has 18 heavy (non-hydrogen) atoms. The zero-order valence-electron chi connectivity index (χ0n) is 11.1. The molecule has 4 nitrogen and oxygen atoms in total. The minimum atomic E-state index is -0.355. The molecule has 1 aromatic carbocycles. The summed E-state index contributed by atoms with van der Waals surface area (Å²) < 4.78 is 0. The lowest BCUT2D eigenvalue weighted by Crippen LogP contribution is -2.41. The molecule has 0 saturated heterocycles. The van der Waals surface area contributed by atoms with Gasteiger partial charge in [-0.15, -0.1) is 0 Å². The maximum Gasteiger partial charge on any atom is 0.255 e. The van der Waals surface area contributed by atoms with Crippen molar-refractivity contribution in [1.82, 2.24) is 5.32 Å². The molecular weight excluding hydrogens is 230 g/mol. The Bertz CT molecular complexity index is 418. The van der Waals surface area contributed by atoms with Crippen LogP contribution in [0.15, 0.2) is 18.2 Å². The van der Waals surface area contributed by atoms with Crippen LogP contribution in [-0.2, 0) is 0 Å². The molecule has 1 amide bonds. The Labute approximate surface area is 108 Å². The molecule has 0 aliphatic carbocycles. The number of benzene rings is 1. The Morgan fingerprint density at radius 2 is 2.11 bits per heavy atom. The molecule has 0 radical (unpaired) electrons. The fourth-order valence-electron chi connectivity index (χ4n) is 1.73. The van der Waals surface area contributed by atoms with Crippen LogP contribution >= 0.6 is 0 Å². The zero-order chi connectivity index (χ0) is 13.7. The van der Waals surface area contributed by atoms with Crippen molar-refractivity contribution in [2.45, 2.75) is 33.2 Å². The zero-order valence-corrected chi connectivity index (χ0v) is 11.1. The number of aromatic hydroxyl groups is 1. The number of phenolic OH excluding ortho intramolecular Hbond substituents is 1. The first-order valence-electron chi connectivity index (χ1n) is 6.20. The summed E-state index contributed by atoms with van der Waals surface area (Å²) >= 11 is 0. The molecule has 0 bridgehead atoms. The van der Waals surface area contributed by atoms with E-state index < -0.39 is 0 Å². The Morgan fingerprint density at radius 1 is 1.44 bits per heavy atom. The number of carbonyl (C=O) groups excluding carboxylic acids is 1. The summed E-state index contributed by atoms with van der Waals surface area (Å²) in [4.78, 5) is 12.0. The highest BCUT2D eigenvalue weighted by atomic mass is 16.3. The van der Waals surface area contributed by atoms with Crippen LogP contribution in [0.3, 0.4) is 0 Å². The van der Waals surface area contributed by atoms with E-state index in [9.17, 15) is 15.0 Å². The van der Waals surface area contributed by atoms with Gasteiger partial charge in [-0.3, -0.25) is 4.79 Å². The highest BCUT2D eigenvalue weighted by Gasteiger charge is 2.19. The van der Waals surface area contributed by atoms with E-state index >= 15 is 0 Å². The molecule has 0 spiro atoms. The fourth-order valence-corrected chi connectivity index (χ4v) is 1.73. The van der Waals surface area contributed by atoms with Crippen LogP contribution in [-0.4, -0.2) is 28.8 Å². The van der Waals surface area contributed by atoms with Crippen LogP contribution in [0.4, 0.5) is 0 Å². The quantitative estimate of drug-likeness (QED) is 0.748. The summed E-state index contributed by atoms with van der Waals surface area (Å²) in [5.74, 6) is -0.202. The SMILES string of the molecule is CC[C@@H](C)[C@H](CO)NC(=O)c1ccc(C)cc1O. The van der Waals surface area contributed by atoms with E-state index in [1.165, 1.54) is 0 Å². The van der Waals surface area contributed by atoms with Crippen molar-refractivity contribution in [2.75, 3.05) is 6.61 Å². The van der Waals surface area contributed by atoms with Gasteiger partial charge in [-0.1, -0.05) is 26.3 Å². The second-order valence-corrected chi connectivity index (χ2v) is 4.67. The Hall–Kier alpha value is -1.55. The van der Waals surface area contributed by atoms with Gasteiger partial charge < -0.3 is 15.5 Å². The number of hydrogen-bond donors (Lipinski definition) is 3. The van der Waals surface area contributed by atoms with Gasteiger partial charge in [0, 0.05) is 0 Å². The van der Waals surface area contributed by atoms with Gasteiger partial charge in [0.15, 0.2) is 0 Å². The number of nitrogens with one attached hydrogen (secondary N) is 1. The van der Waals surface area contributed by atoms with Crippen molar-refractivity contribution >= 4 is 5.91 Å². The molecule has 1 aromatic rings. The number of aliphatic hydroxyl groups excluding tert-OH is 1. The smallest absolute Gasteiger partial charge is 0.255 e. The molecule has 100 valence electrons. The van der Waals surface area contributed by atoms with Crippen LogP contribution in [0.25, 0.3) is 0 Å². The normalized spacial score (nSPS) is 14.0. The molecule has 0 aliphatic rings. The molecule has 0 saturated carbocycles. The van der Waals surface area contributed by atoms with Gasteiger partial charge >= 0.3 is 0 Å². The van der Waals surface area contributed by atoms with Crippen molar-refractivity contribution in [3.63, 3.8) is 0 Å². The van der Waals surface area contributed by atoms with Gasteiger partial charge in [-0.25, -0.2) is 0 Å². The summed E-state index contributed by atoms with van der Waals surface area (Å²) in [5.41, 5.74) is 1.13. The lowest BCUT2D eigenvalue weighted by molar-refractivity contribution is 0.0888. The van der Waals surface area contributed by atoms with Crippen LogP contribution in [0.2, 0.25) is 0 Å². The fraction of sp³-hybridized carbons (Fsp3) is 0.500. The molecule has 0 aliphatic heterocycles. The van der Waals surface area contributed by atoms with Crippen LogP contribution in [0.5, 0.6) is 5.75 Å². The standard InChI is InChI=1S/C14H21NO3/c1-4-10(3)12(8-16)15-14(18)11-6-5-9(2)7-13(11)17/h5-7,10,12,16-17H,4,8H2,1-3H3,(H,15,18)/t10-,12+/m1/s1. The molecule has 0 fully saturated rings. The maximum absolute atomic E-state index is 12.0. The topological polar surface area (TPSA) is 69.6 Å². The minimum absolute atomic E-state index is 0.0339. The maximum atomic E-state index is 12.0. The molecule has 1 rings (SSSR count). The summed E-state index contributed by atoms with van der Waals surface area (Å²) in [6, 6.07) is 4.62. The van der Waals surface area contributed by atoms with Crippen molar-refractivity contribution in [2.24, 2.45) is 5.92 Å². The predicted molar refractivity (Wildman–Crippen MR) is 70.6 cm³/mol. The average molecular weight is 251 g/mol. The Balaban J connectivity index is 2.81. The second kappa shape index (κ2) is 6.40. The van der Waals surface area contributed by atoms with Gasteiger partial charge in [0.05, 0.1) is 18.2 Å². The van der Waals surface area contributed by atoms with Gasteiger partial charge in [0.25, 0.3) is 5.91 Å². The van der Waals surface area contributed by atoms with Crippen LogP contribution < -0.4 is 5.32 Å². The van der Waals surface area contributed by atoms with Gasteiger partial charge in [-0.2, -0.15) is 0 Å². The Kier molecular flexibility index (Phi) is 5.16. The number of amides is 1. The molecule has 0 heterocycles. The Morgan fingerprint density at radius 3 is 2.61 bits per heavy atom. The second-order valence-electron chi connectivity index (χ2n) is 4.67. The van der Waals surface area contributed by atoms with Crippen LogP contribution in [0, 0.1) is 12.8 Å². The molecule has 3 N–H and O–H groups in total. The average Bonchev–Trinajstić information content (AvgIpc) is 2.34. The largest absolute Gasteiger partial charge is 0.507 e. The predicted octanol–water partition coefficient (Wildman–Crippen LogP) is 1.84. The van der Waals surface area contributed by atoms with E-state index in [0.717, 1.165) is 12.0 Å². The highest BCUT2D eigenvalue weighted by Crippen LogP contribution is 2.19. The number of rotatable bonds is 5. The minimum Gasteiger partial charge on any atom is -0.507 e. The summed E-state index contributed by atoms with van der Waals surface area (Å²) in [7, 11) is 0. The number of carbonyl (C=O) groups is 1.